The number of methoxy groups -OCH3 is 1. The van der Waals surface area contributed by atoms with Crippen molar-refractivity contribution in [1.29, 1.82) is 0 Å². The summed E-state index contributed by atoms with van der Waals surface area (Å²) < 4.78 is 46.2. The van der Waals surface area contributed by atoms with Gasteiger partial charge in [0.05, 0.1) is 18.9 Å². The summed E-state index contributed by atoms with van der Waals surface area (Å²) >= 11 is 5.97. The monoisotopic (exact) mass is 468 g/mol. The molecule has 9 heteroatoms. The summed E-state index contributed by atoms with van der Waals surface area (Å²) in [5.74, 6) is -0.854. The van der Waals surface area contributed by atoms with Crippen LogP contribution >= 0.6 is 11.6 Å². The van der Waals surface area contributed by atoms with Crippen molar-refractivity contribution in [3.63, 3.8) is 0 Å². The Kier molecular flexibility index (Phi) is 7.56. The van der Waals surface area contributed by atoms with E-state index in [0.29, 0.717) is 18.6 Å². The molecule has 0 bridgehead atoms. The fourth-order valence-corrected chi connectivity index (χ4v) is 5.69. The quantitative estimate of drug-likeness (QED) is 0.668. The van der Waals surface area contributed by atoms with E-state index in [9.17, 15) is 17.6 Å². The SMILES string of the molecule is COc1ccccc1[C@@H](C)NC(=O)C1CCN(S(=O)(=O)Cc2c(F)cccc2Cl)CC1. The summed E-state index contributed by atoms with van der Waals surface area (Å²) in [6.07, 6.45) is 0.795. The highest BCUT2D eigenvalue weighted by atomic mass is 35.5. The second-order valence-corrected chi connectivity index (χ2v) is 9.98. The van der Waals surface area contributed by atoms with Gasteiger partial charge in [0, 0.05) is 35.2 Å². The number of piperidine rings is 1. The standard InChI is InChI=1S/C22H26ClFN2O4S/c1-15(17-6-3-4-9-21(17)30-2)25-22(27)16-10-12-26(13-11-16)31(28,29)14-18-19(23)7-5-8-20(18)24/h3-9,15-16H,10-14H2,1-2H3,(H,25,27)/t15-/m1/s1. The molecule has 0 aliphatic carbocycles. The predicted molar refractivity (Wildman–Crippen MR) is 118 cm³/mol. The zero-order valence-electron chi connectivity index (χ0n) is 17.5. The molecule has 168 valence electrons. The lowest BCUT2D eigenvalue weighted by Crippen LogP contribution is -2.43. The average molecular weight is 469 g/mol. The van der Waals surface area contributed by atoms with Crippen molar-refractivity contribution >= 4 is 27.5 Å². The highest BCUT2D eigenvalue weighted by molar-refractivity contribution is 7.88. The van der Waals surface area contributed by atoms with E-state index in [1.54, 1.807) is 7.11 Å². The third kappa shape index (κ3) is 5.56. The number of carbonyl (C=O) groups is 1. The van der Waals surface area contributed by atoms with Crippen LogP contribution in [0.1, 0.15) is 36.9 Å². The number of benzene rings is 2. The van der Waals surface area contributed by atoms with Gasteiger partial charge in [0.25, 0.3) is 0 Å². The van der Waals surface area contributed by atoms with Crippen LogP contribution in [-0.4, -0.2) is 38.8 Å². The Morgan fingerprint density at radius 1 is 1.23 bits per heavy atom. The molecular weight excluding hydrogens is 443 g/mol. The number of para-hydroxylation sites is 1. The van der Waals surface area contributed by atoms with E-state index in [4.69, 9.17) is 16.3 Å². The summed E-state index contributed by atoms with van der Waals surface area (Å²) in [5, 5.41) is 3.08. The van der Waals surface area contributed by atoms with Gasteiger partial charge in [0.15, 0.2) is 0 Å². The van der Waals surface area contributed by atoms with E-state index < -0.39 is 21.6 Å². The highest BCUT2D eigenvalue weighted by Gasteiger charge is 2.32. The van der Waals surface area contributed by atoms with Gasteiger partial charge in [0.2, 0.25) is 15.9 Å². The van der Waals surface area contributed by atoms with Crippen LogP contribution in [0.4, 0.5) is 4.39 Å². The first-order chi connectivity index (χ1) is 14.7. The molecule has 1 aliphatic heterocycles. The Balaban J connectivity index is 1.59. The number of hydrogen-bond donors (Lipinski definition) is 1. The van der Waals surface area contributed by atoms with E-state index in [2.05, 4.69) is 5.32 Å². The largest absolute Gasteiger partial charge is 0.496 e. The Morgan fingerprint density at radius 2 is 1.90 bits per heavy atom. The lowest BCUT2D eigenvalue weighted by Gasteiger charge is -2.31. The molecule has 1 fully saturated rings. The molecule has 31 heavy (non-hydrogen) atoms. The molecule has 0 unspecified atom stereocenters. The number of sulfonamides is 1. The maximum Gasteiger partial charge on any atom is 0.223 e. The molecule has 1 heterocycles. The van der Waals surface area contributed by atoms with E-state index in [1.807, 2.05) is 31.2 Å². The van der Waals surface area contributed by atoms with Gasteiger partial charge in [-0.2, -0.15) is 0 Å². The molecule has 6 nitrogen and oxygen atoms in total. The van der Waals surface area contributed by atoms with Crippen molar-refractivity contribution in [1.82, 2.24) is 9.62 Å². The van der Waals surface area contributed by atoms with Gasteiger partial charge in [0.1, 0.15) is 11.6 Å². The first-order valence-corrected chi connectivity index (χ1v) is 12.1. The number of ether oxygens (including phenoxy) is 1. The van der Waals surface area contributed by atoms with E-state index in [1.165, 1.54) is 22.5 Å². The van der Waals surface area contributed by atoms with Crippen molar-refractivity contribution < 1.29 is 22.3 Å². The Hall–Kier alpha value is -2.16. The molecule has 0 radical (unpaired) electrons. The molecule has 0 aromatic heterocycles. The van der Waals surface area contributed by atoms with Crippen LogP contribution in [0.25, 0.3) is 0 Å². The van der Waals surface area contributed by atoms with Gasteiger partial charge in [-0.25, -0.2) is 17.1 Å². The highest BCUT2D eigenvalue weighted by Crippen LogP contribution is 2.28. The van der Waals surface area contributed by atoms with E-state index in [-0.39, 0.29) is 41.5 Å². The topological polar surface area (TPSA) is 75.7 Å². The van der Waals surface area contributed by atoms with Crippen LogP contribution in [0.15, 0.2) is 42.5 Å². The fourth-order valence-electron chi connectivity index (χ4n) is 3.77. The molecule has 1 aliphatic rings. The first-order valence-electron chi connectivity index (χ1n) is 10.1. The molecule has 0 spiro atoms. The minimum absolute atomic E-state index is 0.0327. The number of amides is 1. The predicted octanol–water partition coefficient (Wildman–Crippen LogP) is 3.91. The third-order valence-electron chi connectivity index (χ3n) is 5.57. The van der Waals surface area contributed by atoms with E-state index in [0.717, 1.165) is 5.56 Å². The summed E-state index contributed by atoms with van der Waals surface area (Å²) in [7, 11) is -2.16. The Bertz CT molecular complexity index is 1020. The number of rotatable bonds is 7. The summed E-state index contributed by atoms with van der Waals surface area (Å²) in [5.41, 5.74) is 0.842. The van der Waals surface area contributed by atoms with Crippen LogP contribution < -0.4 is 10.1 Å². The summed E-state index contributed by atoms with van der Waals surface area (Å²) in [4.78, 5) is 12.7. The zero-order valence-corrected chi connectivity index (χ0v) is 19.0. The Morgan fingerprint density at radius 3 is 2.55 bits per heavy atom. The fraction of sp³-hybridized carbons (Fsp3) is 0.409. The second kappa shape index (κ2) is 9.97. The number of halogens is 2. The van der Waals surface area contributed by atoms with Crippen molar-refractivity contribution in [2.45, 2.75) is 31.6 Å². The van der Waals surface area contributed by atoms with Crippen molar-refractivity contribution in [2.24, 2.45) is 5.92 Å². The molecule has 2 aromatic rings. The van der Waals surface area contributed by atoms with Gasteiger partial charge in [-0.3, -0.25) is 4.79 Å². The van der Waals surface area contributed by atoms with Crippen LogP contribution in [-0.2, 0) is 20.6 Å². The Labute approximate surface area is 187 Å². The molecular formula is C22H26ClFN2O4S. The van der Waals surface area contributed by atoms with Gasteiger partial charge < -0.3 is 10.1 Å². The van der Waals surface area contributed by atoms with Crippen molar-refractivity contribution in [2.75, 3.05) is 20.2 Å². The molecule has 1 atom stereocenters. The maximum atomic E-state index is 14.0. The summed E-state index contributed by atoms with van der Waals surface area (Å²) in [6.45, 7) is 2.29. The lowest BCUT2D eigenvalue weighted by atomic mass is 9.96. The normalized spacial score (nSPS) is 16.6. The van der Waals surface area contributed by atoms with Gasteiger partial charge in [-0.15, -0.1) is 0 Å². The average Bonchev–Trinajstić information content (AvgIpc) is 2.76. The minimum atomic E-state index is -3.74. The molecule has 3 rings (SSSR count). The summed E-state index contributed by atoms with van der Waals surface area (Å²) in [6, 6.07) is 11.3. The number of nitrogens with zero attached hydrogens (tertiary/aromatic N) is 1. The van der Waals surface area contributed by atoms with Gasteiger partial charge in [-0.05, 0) is 38.0 Å². The van der Waals surface area contributed by atoms with Crippen molar-refractivity contribution in [3.05, 3.63) is 64.4 Å². The first kappa shape index (κ1) is 23.5. The molecule has 1 N–H and O–H groups in total. The number of nitrogens with one attached hydrogen (secondary N) is 1. The van der Waals surface area contributed by atoms with Crippen LogP contribution in [0.5, 0.6) is 5.75 Å². The molecule has 0 saturated carbocycles. The zero-order chi connectivity index (χ0) is 22.6. The van der Waals surface area contributed by atoms with E-state index >= 15 is 0 Å². The smallest absolute Gasteiger partial charge is 0.223 e. The van der Waals surface area contributed by atoms with Crippen LogP contribution in [0.3, 0.4) is 0 Å². The minimum Gasteiger partial charge on any atom is -0.496 e. The lowest BCUT2D eigenvalue weighted by molar-refractivity contribution is -0.126. The van der Waals surface area contributed by atoms with Crippen LogP contribution in [0, 0.1) is 11.7 Å². The second-order valence-electron chi connectivity index (χ2n) is 7.60. The molecule has 1 saturated heterocycles. The van der Waals surface area contributed by atoms with Gasteiger partial charge >= 0.3 is 0 Å². The maximum absolute atomic E-state index is 14.0. The van der Waals surface area contributed by atoms with Crippen molar-refractivity contribution in [3.8, 4) is 5.75 Å². The number of hydrogen-bond acceptors (Lipinski definition) is 4. The third-order valence-corrected chi connectivity index (χ3v) is 7.73. The molecule has 1 amide bonds. The van der Waals surface area contributed by atoms with Crippen LogP contribution in [0.2, 0.25) is 5.02 Å². The number of carbonyl (C=O) groups excluding carboxylic acids is 1. The molecule has 2 aromatic carbocycles. The van der Waals surface area contributed by atoms with Gasteiger partial charge in [-0.1, -0.05) is 35.9 Å².